The van der Waals surface area contributed by atoms with Crippen molar-refractivity contribution in [1.82, 2.24) is 4.90 Å². The average molecular weight is 186 g/mol. The molecule has 3 heteroatoms. The van der Waals surface area contributed by atoms with E-state index in [9.17, 15) is 4.79 Å². The predicted octanol–water partition coefficient (Wildman–Crippen LogP) is 1.37. The van der Waals surface area contributed by atoms with Crippen molar-refractivity contribution in [2.75, 3.05) is 13.1 Å². The highest BCUT2D eigenvalue weighted by Crippen LogP contribution is 1.99. The molecule has 2 N–H and O–H groups in total. The Hall–Kier alpha value is -0.570. The van der Waals surface area contributed by atoms with Gasteiger partial charge in [-0.15, -0.1) is 0 Å². The first-order valence-corrected chi connectivity index (χ1v) is 5.15. The van der Waals surface area contributed by atoms with Crippen LogP contribution in [0.1, 0.15) is 40.0 Å². The first-order chi connectivity index (χ1) is 6.11. The molecule has 3 nitrogen and oxygen atoms in total. The lowest BCUT2D eigenvalue weighted by atomic mass is 10.2. The van der Waals surface area contributed by atoms with E-state index in [4.69, 9.17) is 5.73 Å². The van der Waals surface area contributed by atoms with E-state index in [1.807, 2.05) is 18.7 Å². The van der Waals surface area contributed by atoms with Gasteiger partial charge in [0.25, 0.3) is 0 Å². The second kappa shape index (κ2) is 6.89. The van der Waals surface area contributed by atoms with Crippen LogP contribution < -0.4 is 5.73 Å². The summed E-state index contributed by atoms with van der Waals surface area (Å²) < 4.78 is 0. The smallest absolute Gasteiger partial charge is 0.224 e. The lowest BCUT2D eigenvalue weighted by Gasteiger charge is -2.21. The molecule has 0 heterocycles. The fraction of sp³-hybridized carbons (Fsp3) is 0.900. The molecule has 1 amide bonds. The zero-order valence-corrected chi connectivity index (χ0v) is 9.05. The summed E-state index contributed by atoms with van der Waals surface area (Å²) in [6.45, 7) is 7.67. The van der Waals surface area contributed by atoms with Crippen LogP contribution >= 0.6 is 0 Å². The molecule has 0 bridgehead atoms. The minimum absolute atomic E-state index is 0.0248. The Morgan fingerprint density at radius 1 is 1.46 bits per heavy atom. The Morgan fingerprint density at radius 3 is 2.46 bits per heavy atom. The second-order valence-corrected chi connectivity index (χ2v) is 3.51. The number of hydrogen-bond donors (Lipinski definition) is 1. The van der Waals surface area contributed by atoms with Crippen LogP contribution in [-0.4, -0.2) is 29.9 Å². The highest BCUT2D eigenvalue weighted by atomic mass is 16.2. The number of amides is 1. The Morgan fingerprint density at radius 2 is 2.08 bits per heavy atom. The molecule has 0 rings (SSSR count). The van der Waals surface area contributed by atoms with Crippen molar-refractivity contribution in [3.63, 3.8) is 0 Å². The fourth-order valence-electron chi connectivity index (χ4n) is 1.21. The molecule has 1 atom stereocenters. The molecule has 0 spiro atoms. The summed E-state index contributed by atoms with van der Waals surface area (Å²) in [6.07, 6.45) is 2.68. The Bertz CT molecular complexity index is 146. The molecule has 0 aliphatic heterocycles. The zero-order valence-electron chi connectivity index (χ0n) is 9.05. The topological polar surface area (TPSA) is 46.3 Å². The number of nitrogens with two attached hydrogens (primary N) is 1. The normalized spacial score (nSPS) is 12.6. The molecule has 0 aliphatic carbocycles. The molecule has 1 unspecified atom stereocenters. The summed E-state index contributed by atoms with van der Waals surface area (Å²) in [5, 5.41) is 0. The quantitative estimate of drug-likeness (QED) is 0.681. The molecule has 13 heavy (non-hydrogen) atoms. The van der Waals surface area contributed by atoms with Crippen LogP contribution in [0.2, 0.25) is 0 Å². The minimum Gasteiger partial charge on any atom is -0.343 e. The van der Waals surface area contributed by atoms with Crippen LogP contribution in [0.5, 0.6) is 0 Å². The first kappa shape index (κ1) is 12.4. The van der Waals surface area contributed by atoms with Gasteiger partial charge in [0.1, 0.15) is 0 Å². The van der Waals surface area contributed by atoms with Gasteiger partial charge in [-0.3, -0.25) is 4.79 Å². The molecule has 0 aromatic rings. The fourth-order valence-corrected chi connectivity index (χ4v) is 1.21. The van der Waals surface area contributed by atoms with Crippen molar-refractivity contribution in [3.8, 4) is 0 Å². The van der Waals surface area contributed by atoms with Crippen LogP contribution in [0.4, 0.5) is 0 Å². The molecule has 0 aromatic heterocycles. The van der Waals surface area contributed by atoms with Gasteiger partial charge < -0.3 is 10.6 Å². The number of carbonyl (C=O) groups excluding carboxylic acids is 1. The van der Waals surface area contributed by atoms with Gasteiger partial charge in [0.15, 0.2) is 0 Å². The van der Waals surface area contributed by atoms with E-state index >= 15 is 0 Å². The summed E-state index contributed by atoms with van der Waals surface area (Å²) in [5.41, 5.74) is 5.57. The van der Waals surface area contributed by atoms with Gasteiger partial charge in [-0.25, -0.2) is 0 Å². The standard InChI is InChI=1S/C10H22N2O/c1-4-6-7-12(5-2)10(13)8-9(3)11/h9H,4-8,11H2,1-3H3. The highest BCUT2D eigenvalue weighted by Gasteiger charge is 2.11. The van der Waals surface area contributed by atoms with Crippen LogP contribution in [0, 0.1) is 0 Å². The molecule has 0 saturated heterocycles. The van der Waals surface area contributed by atoms with Gasteiger partial charge >= 0.3 is 0 Å². The van der Waals surface area contributed by atoms with Crippen molar-refractivity contribution >= 4 is 5.91 Å². The summed E-state index contributed by atoms with van der Waals surface area (Å²) >= 11 is 0. The van der Waals surface area contributed by atoms with Gasteiger partial charge in [0.2, 0.25) is 5.91 Å². The minimum atomic E-state index is -0.0248. The molecule has 0 aliphatic rings. The molecular formula is C10H22N2O. The monoisotopic (exact) mass is 186 g/mol. The van der Waals surface area contributed by atoms with Crippen LogP contribution in [0.3, 0.4) is 0 Å². The first-order valence-electron chi connectivity index (χ1n) is 5.15. The summed E-state index contributed by atoms with van der Waals surface area (Å²) in [4.78, 5) is 13.4. The maximum absolute atomic E-state index is 11.5. The number of carbonyl (C=O) groups is 1. The lowest BCUT2D eigenvalue weighted by Crippen LogP contribution is -2.35. The number of rotatable bonds is 6. The van der Waals surface area contributed by atoms with E-state index in [1.54, 1.807) is 0 Å². The van der Waals surface area contributed by atoms with Crippen LogP contribution in [-0.2, 0) is 4.79 Å². The van der Waals surface area contributed by atoms with Crippen LogP contribution in [0.25, 0.3) is 0 Å². The Labute approximate surface area is 81.3 Å². The third-order valence-electron chi connectivity index (χ3n) is 2.01. The van der Waals surface area contributed by atoms with Crippen molar-refractivity contribution in [3.05, 3.63) is 0 Å². The highest BCUT2D eigenvalue weighted by molar-refractivity contribution is 5.76. The summed E-state index contributed by atoms with van der Waals surface area (Å²) in [5.74, 6) is 0.186. The van der Waals surface area contributed by atoms with E-state index < -0.39 is 0 Å². The third-order valence-corrected chi connectivity index (χ3v) is 2.01. The molecule has 0 saturated carbocycles. The van der Waals surface area contributed by atoms with Gasteiger partial charge in [0, 0.05) is 25.6 Å². The van der Waals surface area contributed by atoms with Crippen molar-refractivity contribution < 1.29 is 4.79 Å². The number of hydrogen-bond acceptors (Lipinski definition) is 2. The largest absolute Gasteiger partial charge is 0.343 e. The van der Waals surface area contributed by atoms with Crippen LogP contribution in [0.15, 0.2) is 0 Å². The average Bonchev–Trinajstić information content (AvgIpc) is 2.04. The van der Waals surface area contributed by atoms with E-state index in [-0.39, 0.29) is 11.9 Å². The maximum Gasteiger partial charge on any atom is 0.224 e. The van der Waals surface area contributed by atoms with E-state index in [0.29, 0.717) is 6.42 Å². The van der Waals surface area contributed by atoms with Crippen molar-refractivity contribution in [2.45, 2.75) is 46.1 Å². The van der Waals surface area contributed by atoms with Gasteiger partial charge in [-0.1, -0.05) is 13.3 Å². The molecule has 0 aromatic carbocycles. The second-order valence-electron chi connectivity index (χ2n) is 3.51. The SMILES string of the molecule is CCCCN(CC)C(=O)CC(C)N. The van der Waals surface area contributed by atoms with Gasteiger partial charge in [-0.2, -0.15) is 0 Å². The van der Waals surface area contributed by atoms with E-state index in [1.165, 1.54) is 0 Å². The molecule has 0 fully saturated rings. The van der Waals surface area contributed by atoms with Gasteiger partial charge in [-0.05, 0) is 20.3 Å². The van der Waals surface area contributed by atoms with Crippen molar-refractivity contribution in [2.24, 2.45) is 5.73 Å². The molecule has 78 valence electrons. The number of nitrogens with zero attached hydrogens (tertiary/aromatic N) is 1. The Kier molecular flexibility index (Phi) is 6.59. The zero-order chi connectivity index (χ0) is 10.3. The number of unbranched alkanes of at least 4 members (excludes halogenated alkanes) is 1. The molecule has 0 radical (unpaired) electrons. The van der Waals surface area contributed by atoms with Gasteiger partial charge in [0.05, 0.1) is 0 Å². The Balaban J connectivity index is 3.84. The predicted molar refractivity (Wildman–Crippen MR) is 55.4 cm³/mol. The molecular weight excluding hydrogens is 164 g/mol. The summed E-state index contributed by atoms with van der Waals surface area (Å²) in [6, 6.07) is -0.0248. The lowest BCUT2D eigenvalue weighted by molar-refractivity contribution is -0.131. The summed E-state index contributed by atoms with van der Waals surface area (Å²) in [7, 11) is 0. The third kappa shape index (κ3) is 5.64. The maximum atomic E-state index is 11.5. The van der Waals surface area contributed by atoms with E-state index in [0.717, 1.165) is 25.9 Å². The van der Waals surface area contributed by atoms with Crippen molar-refractivity contribution in [1.29, 1.82) is 0 Å². The van der Waals surface area contributed by atoms with E-state index in [2.05, 4.69) is 6.92 Å².